The molecule has 6 heteroatoms. The lowest BCUT2D eigenvalue weighted by Crippen LogP contribution is -2.25. The summed E-state index contributed by atoms with van der Waals surface area (Å²) >= 11 is 5.41. The van der Waals surface area contributed by atoms with Gasteiger partial charge in [0.25, 0.3) is 0 Å². The SMILES string of the molecule is Cc1sc(CNC2CCCc3c2cnn3CCO)cc1Br. The van der Waals surface area contributed by atoms with Crippen LogP contribution in [0.1, 0.15) is 39.9 Å². The van der Waals surface area contributed by atoms with Crippen LogP contribution in [0.15, 0.2) is 16.7 Å². The molecular formula is C15H20BrN3OS. The number of nitrogens with one attached hydrogen (secondary N) is 1. The Morgan fingerprint density at radius 3 is 3.14 bits per heavy atom. The van der Waals surface area contributed by atoms with E-state index in [1.165, 1.54) is 31.9 Å². The fourth-order valence-corrected chi connectivity index (χ4v) is 4.50. The molecule has 21 heavy (non-hydrogen) atoms. The van der Waals surface area contributed by atoms with Crippen molar-refractivity contribution in [1.82, 2.24) is 15.1 Å². The van der Waals surface area contributed by atoms with E-state index in [-0.39, 0.29) is 6.61 Å². The Kier molecular flexibility index (Phi) is 4.78. The summed E-state index contributed by atoms with van der Waals surface area (Å²) in [5, 5.41) is 17.2. The van der Waals surface area contributed by atoms with Crippen LogP contribution in [0.4, 0.5) is 0 Å². The molecule has 1 atom stereocenters. The van der Waals surface area contributed by atoms with Crippen molar-refractivity contribution in [3.05, 3.63) is 37.7 Å². The highest BCUT2D eigenvalue weighted by Crippen LogP contribution is 2.31. The number of rotatable bonds is 5. The molecule has 0 saturated heterocycles. The van der Waals surface area contributed by atoms with Gasteiger partial charge in [-0.3, -0.25) is 4.68 Å². The number of hydrogen-bond donors (Lipinski definition) is 2. The molecule has 0 saturated carbocycles. The zero-order valence-corrected chi connectivity index (χ0v) is 14.5. The summed E-state index contributed by atoms with van der Waals surface area (Å²) in [6, 6.07) is 2.58. The van der Waals surface area contributed by atoms with Gasteiger partial charge in [0.1, 0.15) is 0 Å². The number of nitrogens with zero attached hydrogens (tertiary/aromatic N) is 2. The number of thiophene rings is 1. The molecule has 2 heterocycles. The summed E-state index contributed by atoms with van der Waals surface area (Å²) in [6.45, 7) is 3.77. The van der Waals surface area contributed by atoms with Crippen molar-refractivity contribution in [2.24, 2.45) is 0 Å². The van der Waals surface area contributed by atoms with Gasteiger partial charge in [-0.05, 0) is 48.2 Å². The first-order valence-corrected chi connectivity index (χ1v) is 8.93. The van der Waals surface area contributed by atoms with E-state index in [0.29, 0.717) is 12.6 Å². The summed E-state index contributed by atoms with van der Waals surface area (Å²) in [7, 11) is 0. The molecule has 0 radical (unpaired) electrons. The standard InChI is InChI=1S/C15H20BrN3OS/c1-10-13(16)7-11(21-10)8-17-14-3-2-4-15-12(14)9-18-19(15)5-6-20/h7,9,14,17,20H,2-6,8H2,1H3. The van der Waals surface area contributed by atoms with Gasteiger partial charge >= 0.3 is 0 Å². The van der Waals surface area contributed by atoms with Crippen LogP contribution in [-0.2, 0) is 19.5 Å². The van der Waals surface area contributed by atoms with Crippen molar-refractivity contribution in [2.45, 2.75) is 45.3 Å². The van der Waals surface area contributed by atoms with E-state index in [1.807, 2.05) is 22.2 Å². The van der Waals surface area contributed by atoms with Crippen molar-refractivity contribution in [3.63, 3.8) is 0 Å². The third kappa shape index (κ3) is 3.23. The topological polar surface area (TPSA) is 50.1 Å². The molecule has 1 unspecified atom stereocenters. The van der Waals surface area contributed by atoms with E-state index in [0.717, 1.165) is 19.4 Å². The Morgan fingerprint density at radius 2 is 2.43 bits per heavy atom. The van der Waals surface area contributed by atoms with Gasteiger partial charge in [-0.25, -0.2) is 0 Å². The number of aliphatic hydroxyl groups excluding tert-OH is 1. The Labute approximate surface area is 137 Å². The smallest absolute Gasteiger partial charge is 0.0644 e. The van der Waals surface area contributed by atoms with Crippen molar-refractivity contribution in [2.75, 3.05) is 6.61 Å². The average molecular weight is 370 g/mol. The van der Waals surface area contributed by atoms with Gasteiger partial charge in [-0.2, -0.15) is 5.10 Å². The lowest BCUT2D eigenvalue weighted by molar-refractivity contribution is 0.266. The quantitative estimate of drug-likeness (QED) is 0.850. The molecule has 0 aliphatic heterocycles. The number of aromatic nitrogens is 2. The first kappa shape index (κ1) is 15.2. The van der Waals surface area contributed by atoms with Crippen LogP contribution in [-0.4, -0.2) is 21.5 Å². The molecule has 0 spiro atoms. The predicted molar refractivity (Wildman–Crippen MR) is 88.6 cm³/mol. The number of fused-ring (bicyclic) bond motifs is 1. The highest BCUT2D eigenvalue weighted by Gasteiger charge is 2.23. The predicted octanol–water partition coefficient (Wildman–Crippen LogP) is 3.18. The van der Waals surface area contributed by atoms with Crippen molar-refractivity contribution < 1.29 is 5.11 Å². The van der Waals surface area contributed by atoms with Crippen LogP contribution >= 0.6 is 27.3 Å². The molecular weight excluding hydrogens is 350 g/mol. The van der Waals surface area contributed by atoms with Gasteiger partial charge in [0.15, 0.2) is 0 Å². The zero-order chi connectivity index (χ0) is 14.8. The monoisotopic (exact) mass is 369 g/mol. The first-order valence-electron chi connectivity index (χ1n) is 7.32. The maximum absolute atomic E-state index is 9.11. The van der Waals surface area contributed by atoms with Gasteiger partial charge in [0.2, 0.25) is 0 Å². The number of aryl methyl sites for hydroxylation is 1. The average Bonchev–Trinajstić information content (AvgIpc) is 3.02. The van der Waals surface area contributed by atoms with Crippen LogP contribution in [0.2, 0.25) is 0 Å². The zero-order valence-electron chi connectivity index (χ0n) is 12.1. The van der Waals surface area contributed by atoms with Crippen LogP contribution < -0.4 is 5.32 Å². The van der Waals surface area contributed by atoms with E-state index in [1.54, 1.807) is 0 Å². The summed E-state index contributed by atoms with van der Waals surface area (Å²) in [4.78, 5) is 2.68. The Bertz CT molecular complexity index is 603. The summed E-state index contributed by atoms with van der Waals surface area (Å²) in [5.41, 5.74) is 2.60. The molecule has 2 N–H and O–H groups in total. The minimum atomic E-state index is 0.148. The molecule has 4 nitrogen and oxygen atoms in total. The minimum Gasteiger partial charge on any atom is -0.394 e. The summed E-state index contributed by atoms with van der Waals surface area (Å²) in [6.07, 6.45) is 5.37. The molecule has 1 aliphatic carbocycles. The molecule has 114 valence electrons. The second kappa shape index (κ2) is 6.60. The fraction of sp³-hybridized carbons (Fsp3) is 0.533. The van der Waals surface area contributed by atoms with E-state index >= 15 is 0 Å². The molecule has 0 bridgehead atoms. The van der Waals surface area contributed by atoms with Crippen LogP contribution in [0.25, 0.3) is 0 Å². The Morgan fingerprint density at radius 1 is 1.57 bits per heavy atom. The van der Waals surface area contributed by atoms with E-state index in [2.05, 4.69) is 39.3 Å². The van der Waals surface area contributed by atoms with Gasteiger partial charge in [0.05, 0.1) is 19.3 Å². The molecule has 2 aromatic rings. The normalized spacial score (nSPS) is 18.0. The van der Waals surface area contributed by atoms with Crippen LogP contribution in [0, 0.1) is 6.92 Å². The third-order valence-electron chi connectivity index (χ3n) is 4.01. The lowest BCUT2D eigenvalue weighted by atomic mass is 9.93. The fourth-order valence-electron chi connectivity index (χ4n) is 2.95. The third-order valence-corrected chi connectivity index (χ3v) is 6.14. The summed E-state index contributed by atoms with van der Waals surface area (Å²) in [5.74, 6) is 0. The van der Waals surface area contributed by atoms with Gasteiger partial charge in [0, 0.05) is 38.1 Å². The van der Waals surface area contributed by atoms with E-state index < -0.39 is 0 Å². The van der Waals surface area contributed by atoms with Gasteiger partial charge in [-0.1, -0.05) is 0 Å². The largest absolute Gasteiger partial charge is 0.394 e. The van der Waals surface area contributed by atoms with Gasteiger partial charge in [-0.15, -0.1) is 11.3 Å². The van der Waals surface area contributed by atoms with E-state index in [4.69, 9.17) is 5.11 Å². The lowest BCUT2D eigenvalue weighted by Gasteiger charge is -2.24. The van der Waals surface area contributed by atoms with Crippen molar-refractivity contribution in [3.8, 4) is 0 Å². The Hall–Kier alpha value is -0.690. The number of halogens is 1. The van der Waals surface area contributed by atoms with Crippen molar-refractivity contribution >= 4 is 27.3 Å². The maximum Gasteiger partial charge on any atom is 0.0644 e. The summed E-state index contributed by atoms with van der Waals surface area (Å²) < 4.78 is 3.15. The first-order chi connectivity index (χ1) is 10.2. The number of aliphatic hydroxyl groups is 1. The highest BCUT2D eigenvalue weighted by atomic mass is 79.9. The number of hydrogen-bond acceptors (Lipinski definition) is 4. The highest BCUT2D eigenvalue weighted by molar-refractivity contribution is 9.10. The molecule has 3 rings (SSSR count). The molecule has 2 aromatic heterocycles. The minimum absolute atomic E-state index is 0.148. The molecule has 1 aliphatic rings. The Balaban J connectivity index is 1.70. The molecule has 0 aromatic carbocycles. The molecule has 0 fully saturated rings. The van der Waals surface area contributed by atoms with Crippen LogP contribution in [0.5, 0.6) is 0 Å². The van der Waals surface area contributed by atoms with Gasteiger partial charge < -0.3 is 10.4 Å². The second-order valence-corrected chi connectivity index (χ2v) is 7.63. The van der Waals surface area contributed by atoms with Crippen molar-refractivity contribution in [1.29, 1.82) is 0 Å². The maximum atomic E-state index is 9.11. The second-order valence-electron chi connectivity index (χ2n) is 5.44. The van der Waals surface area contributed by atoms with Crippen LogP contribution in [0.3, 0.4) is 0 Å². The van der Waals surface area contributed by atoms with E-state index in [9.17, 15) is 0 Å². The molecule has 0 amide bonds.